The van der Waals surface area contributed by atoms with Crippen LogP contribution in [0.15, 0.2) is 72.8 Å². The number of nitrogens with one attached hydrogen (secondary N) is 2. The van der Waals surface area contributed by atoms with Gasteiger partial charge in [-0.15, -0.1) is 0 Å². The van der Waals surface area contributed by atoms with Crippen molar-refractivity contribution in [3.8, 4) is 11.5 Å². The maximum atomic E-state index is 5.94. The molecule has 4 aromatic rings. The minimum absolute atomic E-state index is 0.153. The van der Waals surface area contributed by atoms with Crippen molar-refractivity contribution < 1.29 is 9.47 Å². The van der Waals surface area contributed by atoms with Gasteiger partial charge in [0.2, 0.25) is 0 Å². The van der Waals surface area contributed by atoms with Crippen molar-refractivity contribution >= 4 is 10.9 Å². The summed E-state index contributed by atoms with van der Waals surface area (Å²) in [7, 11) is 1.71. The Morgan fingerprint density at radius 2 is 1.65 bits per heavy atom. The van der Waals surface area contributed by atoms with Gasteiger partial charge in [0.1, 0.15) is 18.1 Å². The lowest BCUT2D eigenvalue weighted by Gasteiger charge is -2.25. The molecule has 2 heterocycles. The second kappa shape index (κ2) is 9.71. The monoisotopic (exact) mass is 414 g/mol. The lowest BCUT2D eigenvalue weighted by Crippen LogP contribution is -2.30. The van der Waals surface area contributed by atoms with E-state index in [4.69, 9.17) is 9.47 Å². The van der Waals surface area contributed by atoms with Crippen molar-refractivity contribution in [2.75, 3.05) is 13.7 Å². The molecule has 4 heteroatoms. The van der Waals surface area contributed by atoms with Gasteiger partial charge in [0, 0.05) is 23.1 Å². The summed E-state index contributed by atoms with van der Waals surface area (Å²) in [6.07, 6.45) is 1.01. The van der Waals surface area contributed by atoms with Crippen LogP contribution in [0.4, 0.5) is 0 Å². The van der Waals surface area contributed by atoms with E-state index in [0.29, 0.717) is 6.61 Å². The fourth-order valence-electron chi connectivity index (χ4n) is 4.12. The Kier molecular flexibility index (Phi) is 6.58. The Bertz CT molecular complexity index is 1120. The van der Waals surface area contributed by atoms with Gasteiger partial charge < -0.3 is 19.8 Å². The number of hydrogen-bond acceptors (Lipinski definition) is 3. The third-order valence-electron chi connectivity index (χ3n) is 5.62. The SMILES string of the molecule is CC.COc1ccc2[nH]c3c(c2c1)CCNC3c1ccc(OCc2ccccc2)cc1. The van der Waals surface area contributed by atoms with E-state index in [2.05, 4.69) is 58.8 Å². The average Bonchev–Trinajstić information content (AvgIpc) is 3.23. The topological polar surface area (TPSA) is 46.3 Å². The van der Waals surface area contributed by atoms with Gasteiger partial charge in [-0.3, -0.25) is 0 Å². The molecular weight excluding hydrogens is 384 g/mol. The molecule has 0 saturated carbocycles. The summed E-state index contributed by atoms with van der Waals surface area (Å²) in [6.45, 7) is 5.53. The zero-order chi connectivity index (χ0) is 21.6. The van der Waals surface area contributed by atoms with E-state index in [1.807, 2.05) is 38.1 Å². The fraction of sp³-hybridized carbons (Fsp3) is 0.259. The van der Waals surface area contributed by atoms with Crippen LogP contribution >= 0.6 is 0 Å². The van der Waals surface area contributed by atoms with Gasteiger partial charge in [0.25, 0.3) is 0 Å². The highest BCUT2D eigenvalue weighted by molar-refractivity contribution is 5.86. The lowest BCUT2D eigenvalue weighted by molar-refractivity contribution is 0.306. The van der Waals surface area contributed by atoms with Crippen molar-refractivity contribution in [2.45, 2.75) is 32.9 Å². The van der Waals surface area contributed by atoms with E-state index < -0.39 is 0 Å². The van der Waals surface area contributed by atoms with Gasteiger partial charge in [0.15, 0.2) is 0 Å². The number of H-pyrrole nitrogens is 1. The third kappa shape index (κ3) is 4.44. The normalized spacial score (nSPS) is 15.0. The van der Waals surface area contributed by atoms with Crippen molar-refractivity contribution in [1.29, 1.82) is 0 Å². The van der Waals surface area contributed by atoms with E-state index in [-0.39, 0.29) is 6.04 Å². The molecule has 0 spiro atoms. The first-order chi connectivity index (χ1) is 15.3. The molecule has 31 heavy (non-hydrogen) atoms. The zero-order valence-corrected chi connectivity index (χ0v) is 18.4. The summed E-state index contributed by atoms with van der Waals surface area (Å²) in [5.74, 6) is 1.78. The Morgan fingerprint density at radius 1 is 0.903 bits per heavy atom. The van der Waals surface area contributed by atoms with Crippen LogP contribution in [0.25, 0.3) is 10.9 Å². The molecule has 1 aliphatic rings. The molecule has 4 nitrogen and oxygen atoms in total. The number of aromatic nitrogens is 1. The van der Waals surface area contributed by atoms with Crippen molar-refractivity contribution in [3.63, 3.8) is 0 Å². The molecule has 0 radical (unpaired) electrons. The van der Waals surface area contributed by atoms with Gasteiger partial charge in [-0.2, -0.15) is 0 Å². The molecule has 0 bridgehead atoms. The average molecular weight is 415 g/mol. The maximum Gasteiger partial charge on any atom is 0.119 e. The summed E-state index contributed by atoms with van der Waals surface area (Å²) in [5.41, 5.74) is 6.19. The second-order valence-corrected chi connectivity index (χ2v) is 7.41. The first-order valence-corrected chi connectivity index (χ1v) is 11.0. The molecule has 0 saturated heterocycles. The van der Waals surface area contributed by atoms with Crippen molar-refractivity contribution in [1.82, 2.24) is 10.3 Å². The molecule has 2 N–H and O–H groups in total. The molecule has 1 aromatic heterocycles. The first kappa shape index (κ1) is 21.0. The van der Waals surface area contributed by atoms with Gasteiger partial charge >= 0.3 is 0 Å². The van der Waals surface area contributed by atoms with Crippen LogP contribution in [0.2, 0.25) is 0 Å². The smallest absolute Gasteiger partial charge is 0.119 e. The first-order valence-electron chi connectivity index (χ1n) is 11.0. The highest BCUT2D eigenvalue weighted by atomic mass is 16.5. The Balaban J connectivity index is 0.00000112. The van der Waals surface area contributed by atoms with Crippen molar-refractivity contribution in [3.05, 3.63) is 95.2 Å². The number of hydrogen-bond donors (Lipinski definition) is 2. The van der Waals surface area contributed by atoms with Crippen LogP contribution in [0, 0.1) is 0 Å². The van der Waals surface area contributed by atoms with Crippen LogP contribution in [0.5, 0.6) is 11.5 Å². The largest absolute Gasteiger partial charge is 0.497 e. The van der Waals surface area contributed by atoms with Gasteiger partial charge in [-0.25, -0.2) is 0 Å². The molecule has 1 unspecified atom stereocenters. The number of rotatable bonds is 5. The van der Waals surface area contributed by atoms with E-state index in [9.17, 15) is 0 Å². The van der Waals surface area contributed by atoms with E-state index >= 15 is 0 Å². The van der Waals surface area contributed by atoms with Gasteiger partial charge in [-0.1, -0.05) is 56.3 Å². The fourth-order valence-corrected chi connectivity index (χ4v) is 4.12. The Morgan fingerprint density at radius 3 is 2.39 bits per heavy atom. The molecular formula is C27H30N2O2. The zero-order valence-electron chi connectivity index (χ0n) is 18.4. The van der Waals surface area contributed by atoms with Gasteiger partial charge in [-0.05, 0) is 53.4 Å². The summed E-state index contributed by atoms with van der Waals surface area (Å²) >= 11 is 0. The standard InChI is InChI=1S/C25H24N2O2.C2H6/c1-28-20-11-12-23-22(15-20)21-13-14-26-24(25(21)27-23)18-7-9-19(10-8-18)29-16-17-5-3-2-4-6-17;1-2/h2-12,15,24,26-27H,13-14,16H2,1H3;1-2H3. The second-order valence-electron chi connectivity index (χ2n) is 7.41. The molecule has 0 fully saturated rings. The number of ether oxygens (including phenoxy) is 2. The molecule has 0 aliphatic carbocycles. The summed E-state index contributed by atoms with van der Waals surface area (Å²) in [5, 5.41) is 4.91. The predicted octanol–water partition coefficient (Wildman–Crippen LogP) is 6.02. The third-order valence-corrected chi connectivity index (χ3v) is 5.62. The molecule has 160 valence electrons. The van der Waals surface area contributed by atoms with Crippen molar-refractivity contribution in [2.24, 2.45) is 0 Å². The molecule has 3 aromatic carbocycles. The highest BCUT2D eigenvalue weighted by Crippen LogP contribution is 2.35. The molecule has 1 atom stereocenters. The van der Waals surface area contributed by atoms with Crippen LogP contribution in [-0.2, 0) is 13.0 Å². The van der Waals surface area contributed by atoms with Crippen LogP contribution in [0.1, 0.15) is 42.3 Å². The lowest BCUT2D eigenvalue weighted by atomic mass is 9.94. The quantitative estimate of drug-likeness (QED) is 0.420. The summed E-state index contributed by atoms with van der Waals surface area (Å²) in [6, 6.07) is 25.0. The van der Waals surface area contributed by atoms with Crippen LogP contribution < -0.4 is 14.8 Å². The molecule has 1 aliphatic heterocycles. The molecule has 0 amide bonds. The van der Waals surface area contributed by atoms with Gasteiger partial charge in [0.05, 0.1) is 13.2 Å². The van der Waals surface area contributed by atoms with E-state index in [1.165, 1.54) is 27.8 Å². The minimum Gasteiger partial charge on any atom is -0.497 e. The Labute approximate surface area is 184 Å². The summed E-state index contributed by atoms with van der Waals surface area (Å²) in [4.78, 5) is 3.63. The number of aromatic amines is 1. The minimum atomic E-state index is 0.153. The highest BCUT2D eigenvalue weighted by Gasteiger charge is 2.25. The number of fused-ring (bicyclic) bond motifs is 3. The maximum absolute atomic E-state index is 5.94. The molecule has 5 rings (SSSR count). The van der Waals surface area contributed by atoms with Crippen LogP contribution in [-0.4, -0.2) is 18.6 Å². The number of benzene rings is 3. The number of methoxy groups -OCH3 is 1. The van der Waals surface area contributed by atoms with E-state index in [0.717, 1.165) is 30.0 Å². The van der Waals surface area contributed by atoms with E-state index in [1.54, 1.807) is 7.11 Å². The van der Waals surface area contributed by atoms with Crippen LogP contribution in [0.3, 0.4) is 0 Å². The Hall–Kier alpha value is -3.24. The summed E-state index contributed by atoms with van der Waals surface area (Å²) < 4.78 is 11.4. The predicted molar refractivity (Wildman–Crippen MR) is 127 cm³/mol.